The molecular weight excluding hydrogens is 380 g/mol. The second kappa shape index (κ2) is 9.21. The Morgan fingerprint density at radius 2 is 2.07 bits per heavy atom. The predicted molar refractivity (Wildman–Crippen MR) is 118 cm³/mol. The van der Waals surface area contributed by atoms with Gasteiger partial charge in [-0.2, -0.15) is 0 Å². The summed E-state index contributed by atoms with van der Waals surface area (Å²) in [6, 6.07) is 6.03. The zero-order chi connectivity index (χ0) is 21.1. The Morgan fingerprint density at radius 3 is 2.87 bits per heavy atom. The summed E-state index contributed by atoms with van der Waals surface area (Å²) < 4.78 is 11.4. The van der Waals surface area contributed by atoms with E-state index in [-0.39, 0.29) is 5.91 Å². The number of carbonyl (C=O) groups excluding carboxylic acids is 1. The van der Waals surface area contributed by atoms with E-state index in [2.05, 4.69) is 18.7 Å². The number of piperidine rings is 1. The molecule has 1 atom stereocenters. The maximum absolute atomic E-state index is 13.3. The first-order valence-corrected chi connectivity index (χ1v) is 11.4. The van der Waals surface area contributed by atoms with Crippen LogP contribution in [0.15, 0.2) is 27.4 Å². The number of likely N-dealkylation sites (tertiary alicyclic amines) is 1. The molecular formula is C24H32N2O4. The lowest BCUT2D eigenvalue weighted by Crippen LogP contribution is -2.48. The van der Waals surface area contributed by atoms with Crippen molar-refractivity contribution in [3.05, 3.63) is 34.2 Å². The minimum Gasteiger partial charge on any atom is -0.494 e. The van der Waals surface area contributed by atoms with Crippen LogP contribution >= 0.6 is 0 Å². The number of ether oxygens (including phenoxy) is 1. The number of anilines is 1. The molecule has 1 aromatic heterocycles. The first-order valence-electron chi connectivity index (χ1n) is 11.4. The summed E-state index contributed by atoms with van der Waals surface area (Å²) in [5, 5.41) is 0.875. The number of rotatable bonds is 6. The molecule has 2 aliphatic rings. The van der Waals surface area contributed by atoms with Gasteiger partial charge in [-0.3, -0.25) is 9.69 Å². The number of benzene rings is 1. The number of hydrogen-bond donors (Lipinski definition) is 0. The van der Waals surface area contributed by atoms with Crippen LogP contribution in [-0.2, 0) is 11.2 Å². The highest BCUT2D eigenvalue weighted by Gasteiger charge is 2.31. The third kappa shape index (κ3) is 4.10. The third-order valence-corrected chi connectivity index (χ3v) is 6.37. The molecule has 0 spiro atoms. The number of aryl methyl sites for hydroxylation is 1. The lowest BCUT2D eigenvalue weighted by Gasteiger charge is -2.37. The Hall–Kier alpha value is -2.34. The van der Waals surface area contributed by atoms with Crippen LogP contribution in [-0.4, -0.2) is 43.1 Å². The predicted octanol–water partition coefficient (Wildman–Crippen LogP) is 4.13. The highest BCUT2D eigenvalue weighted by molar-refractivity contribution is 5.98. The smallest absolute Gasteiger partial charge is 0.360 e. The Kier molecular flexibility index (Phi) is 6.42. The monoisotopic (exact) mass is 412 g/mol. The van der Waals surface area contributed by atoms with E-state index in [1.807, 2.05) is 12.1 Å². The molecule has 4 rings (SSSR count). The van der Waals surface area contributed by atoms with E-state index in [9.17, 15) is 9.59 Å². The normalized spacial score (nSPS) is 19.7. The Bertz CT molecular complexity index is 968. The molecule has 1 amide bonds. The van der Waals surface area contributed by atoms with Crippen molar-refractivity contribution >= 4 is 22.6 Å². The fourth-order valence-electron chi connectivity index (χ4n) is 4.83. The number of hydrogen-bond acceptors (Lipinski definition) is 5. The van der Waals surface area contributed by atoms with Crippen LogP contribution < -0.4 is 15.3 Å². The molecule has 162 valence electrons. The molecule has 2 aliphatic heterocycles. The van der Waals surface area contributed by atoms with Crippen molar-refractivity contribution in [2.24, 2.45) is 0 Å². The van der Waals surface area contributed by atoms with Crippen molar-refractivity contribution in [3.8, 4) is 5.75 Å². The van der Waals surface area contributed by atoms with Crippen LogP contribution in [0.25, 0.3) is 11.0 Å². The molecule has 30 heavy (non-hydrogen) atoms. The van der Waals surface area contributed by atoms with Gasteiger partial charge < -0.3 is 14.1 Å². The van der Waals surface area contributed by atoms with E-state index in [0.29, 0.717) is 37.0 Å². The fraction of sp³-hybridized carbons (Fsp3) is 0.583. The average molecular weight is 413 g/mol. The Morgan fingerprint density at radius 1 is 1.20 bits per heavy atom. The highest BCUT2D eigenvalue weighted by atomic mass is 16.5. The maximum atomic E-state index is 13.3. The topological polar surface area (TPSA) is 63.0 Å². The number of carbonyl (C=O) groups is 1. The van der Waals surface area contributed by atoms with E-state index in [1.54, 1.807) is 11.0 Å². The van der Waals surface area contributed by atoms with Gasteiger partial charge in [0.2, 0.25) is 5.91 Å². The van der Waals surface area contributed by atoms with Gasteiger partial charge in [0.05, 0.1) is 13.2 Å². The lowest BCUT2D eigenvalue weighted by molar-refractivity contribution is -0.120. The fourth-order valence-corrected chi connectivity index (χ4v) is 4.83. The minimum absolute atomic E-state index is 0.00124. The molecule has 0 aliphatic carbocycles. The Balaban J connectivity index is 1.66. The van der Waals surface area contributed by atoms with Crippen LogP contribution in [0.5, 0.6) is 5.75 Å². The van der Waals surface area contributed by atoms with Gasteiger partial charge in [-0.25, -0.2) is 4.79 Å². The van der Waals surface area contributed by atoms with Gasteiger partial charge in [0.1, 0.15) is 17.0 Å². The minimum atomic E-state index is -0.418. The second-order valence-electron chi connectivity index (χ2n) is 8.40. The van der Waals surface area contributed by atoms with E-state index in [0.717, 1.165) is 61.8 Å². The van der Waals surface area contributed by atoms with Gasteiger partial charge in [-0.15, -0.1) is 0 Å². The van der Waals surface area contributed by atoms with Crippen LogP contribution in [0.3, 0.4) is 0 Å². The summed E-state index contributed by atoms with van der Waals surface area (Å²) in [7, 11) is 0. The van der Waals surface area contributed by atoms with Crippen LogP contribution in [0, 0.1) is 0 Å². The highest BCUT2D eigenvalue weighted by Crippen LogP contribution is 2.33. The SMILES string of the molecule is CCCOc1ccc2oc(=O)c3c(c2c1)CCCN3C(=O)CN1CCCC[C@H]1CC. The molecule has 1 aromatic carbocycles. The molecule has 0 radical (unpaired) electrons. The molecule has 6 nitrogen and oxygen atoms in total. The van der Waals surface area contributed by atoms with Crippen LogP contribution in [0.2, 0.25) is 0 Å². The number of nitrogens with zero attached hydrogens (tertiary/aromatic N) is 2. The van der Waals surface area contributed by atoms with E-state index in [1.165, 1.54) is 6.42 Å². The molecule has 0 N–H and O–H groups in total. The van der Waals surface area contributed by atoms with Crippen molar-refractivity contribution < 1.29 is 13.9 Å². The van der Waals surface area contributed by atoms with Gasteiger partial charge >= 0.3 is 5.63 Å². The van der Waals surface area contributed by atoms with Crippen LogP contribution in [0.4, 0.5) is 5.69 Å². The summed E-state index contributed by atoms with van der Waals surface area (Å²) in [6.07, 6.45) is 7.10. The lowest BCUT2D eigenvalue weighted by atomic mass is 9.98. The second-order valence-corrected chi connectivity index (χ2v) is 8.40. The molecule has 0 unspecified atom stereocenters. The van der Waals surface area contributed by atoms with Crippen molar-refractivity contribution in [1.29, 1.82) is 0 Å². The van der Waals surface area contributed by atoms with Crippen molar-refractivity contribution in [3.63, 3.8) is 0 Å². The van der Waals surface area contributed by atoms with E-state index >= 15 is 0 Å². The molecule has 2 aromatic rings. The summed E-state index contributed by atoms with van der Waals surface area (Å²) in [6.45, 7) is 6.78. The molecule has 0 bridgehead atoms. The van der Waals surface area contributed by atoms with Gasteiger partial charge in [0, 0.05) is 18.0 Å². The molecule has 0 saturated carbocycles. The summed E-state index contributed by atoms with van der Waals surface area (Å²) in [5.41, 5.74) is 1.47. The zero-order valence-electron chi connectivity index (χ0n) is 18.1. The Labute approximate surface area is 177 Å². The quantitative estimate of drug-likeness (QED) is 0.668. The van der Waals surface area contributed by atoms with Gasteiger partial charge in [0.25, 0.3) is 0 Å². The molecule has 6 heteroatoms. The number of amides is 1. The van der Waals surface area contributed by atoms with Gasteiger partial charge in [0.15, 0.2) is 0 Å². The van der Waals surface area contributed by atoms with Crippen molar-refractivity contribution in [2.45, 2.75) is 64.8 Å². The largest absolute Gasteiger partial charge is 0.494 e. The standard InChI is InChI=1S/C24H32N2O4/c1-3-14-29-18-10-11-21-20(15-18)19-9-7-13-26(23(19)24(28)30-21)22(27)16-25-12-6-5-8-17(25)4-2/h10-11,15,17H,3-9,12-14,16H2,1-2H3/t17-/m1/s1. The molecule has 1 saturated heterocycles. The summed E-state index contributed by atoms with van der Waals surface area (Å²) in [4.78, 5) is 30.1. The van der Waals surface area contributed by atoms with Crippen molar-refractivity contribution in [1.82, 2.24) is 4.90 Å². The first-order chi connectivity index (χ1) is 14.6. The average Bonchev–Trinajstić information content (AvgIpc) is 2.78. The van der Waals surface area contributed by atoms with Gasteiger partial charge in [-0.1, -0.05) is 20.3 Å². The van der Waals surface area contributed by atoms with Crippen molar-refractivity contribution in [2.75, 3.05) is 31.1 Å². The first kappa shape index (κ1) is 20.9. The molecule has 3 heterocycles. The van der Waals surface area contributed by atoms with E-state index in [4.69, 9.17) is 9.15 Å². The van der Waals surface area contributed by atoms with Gasteiger partial charge in [-0.05, 0) is 68.8 Å². The summed E-state index contributed by atoms with van der Waals surface area (Å²) in [5.74, 6) is 0.768. The third-order valence-electron chi connectivity index (χ3n) is 6.37. The maximum Gasteiger partial charge on any atom is 0.360 e. The molecule has 1 fully saturated rings. The van der Waals surface area contributed by atoms with E-state index < -0.39 is 5.63 Å². The zero-order valence-corrected chi connectivity index (χ0v) is 18.1. The number of fused-ring (bicyclic) bond motifs is 3. The van der Waals surface area contributed by atoms with Crippen LogP contribution in [0.1, 0.15) is 57.9 Å². The summed E-state index contributed by atoms with van der Waals surface area (Å²) >= 11 is 0.